The molecule has 0 saturated carbocycles. The van der Waals surface area contributed by atoms with Gasteiger partial charge in [0.15, 0.2) is 0 Å². The number of carbonyl (C=O) groups excluding carboxylic acids is 1. The van der Waals surface area contributed by atoms with Crippen LogP contribution in [-0.4, -0.2) is 29.2 Å². The van der Waals surface area contributed by atoms with Crippen LogP contribution < -0.4 is 4.72 Å². The van der Waals surface area contributed by atoms with Gasteiger partial charge >= 0.3 is 0 Å². The maximum Gasteiger partial charge on any atom is 0.261 e. The standard InChI is InChI=1S/C24H24N4O3S/c1-14(2)20-12-17(6-5-16(20)4)32(30,31)28-21-11-15(3)13-27-22(21)23(29)18-7-9-25-24-19(18)8-10-26-24/h5-14,28H,1-4H3,(H,25,26). The van der Waals surface area contributed by atoms with Crippen molar-refractivity contribution in [2.75, 3.05) is 4.72 Å². The van der Waals surface area contributed by atoms with E-state index in [1.54, 1.807) is 55.7 Å². The first kappa shape index (κ1) is 21.7. The third kappa shape index (κ3) is 4.01. The number of nitrogens with one attached hydrogen (secondary N) is 2. The smallest absolute Gasteiger partial charge is 0.261 e. The fourth-order valence-electron chi connectivity index (χ4n) is 3.73. The molecule has 0 saturated heterocycles. The molecule has 32 heavy (non-hydrogen) atoms. The molecule has 0 aliphatic carbocycles. The molecule has 8 heteroatoms. The van der Waals surface area contributed by atoms with Crippen LogP contribution in [0.5, 0.6) is 0 Å². The molecule has 3 aromatic heterocycles. The number of sulfonamides is 1. The first-order valence-electron chi connectivity index (χ1n) is 10.2. The number of carbonyl (C=O) groups is 1. The average Bonchev–Trinajstić information content (AvgIpc) is 3.22. The maximum atomic E-state index is 13.4. The molecule has 0 atom stereocenters. The van der Waals surface area contributed by atoms with Gasteiger partial charge in [-0.2, -0.15) is 0 Å². The highest BCUT2D eigenvalue weighted by atomic mass is 32.2. The minimum absolute atomic E-state index is 0.0315. The van der Waals surface area contributed by atoms with Crippen LogP contribution in [0.25, 0.3) is 11.0 Å². The predicted molar refractivity (Wildman–Crippen MR) is 125 cm³/mol. The molecule has 0 amide bonds. The van der Waals surface area contributed by atoms with Crippen LogP contribution in [0.2, 0.25) is 0 Å². The van der Waals surface area contributed by atoms with Crippen LogP contribution >= 0.6 is 0 Å². The second kappa shape index (κ2) is 8.20. The van der Waals surface area contributed by atoms with Gasteiger partial charge in [-0.1, -0.05) is 19.9 Å². The minimum atomic E-state index is -3.93. The number of aryl methyl sites for hydroxylation is 2. The lowest BCUT2D eigenvalue weighted by molar-refractivity contribution is 0.103. The Labute approximate surface area is 187 Å². The van der Waals surface area contributed by atoms with Crippen molar-refractivity contribution in [1.82, 2.24) is 15.0 Å². The molecular formula is C24H24N4O3S. The first-order chi connectivity index (χ1) is 15.2. The summed E-state index contributed by atoms with van der Waals surface area (Å²) in [4.78, 5) is 25.0. The third-order valence-electron chi connectivity index (χ3n) is 5.37. The maximum absolute atomic E-state index is 13.4. The van der Waals surface area contributed by atoms with Gasteiger partial charge in [-0.05, 0) is 66.8 Å². The number of ketones is 1. The zero-order valence-corrected chi connectivity index (χ0v) is 19.1. The largest absolute Gasteiger partial charge is 0.346 e. The van der Waals surface area contributed by atoms with Crippen molar-refractivity contribution in [3.05, 3.63) is 82.9 Å². The van der Waals surface area contributed by atoms with E-state index in [4.69, 9.17) is 0 Å². The summed E-state index contributed by atoms with van der Waals surface area (Å²) < 4.78 is 29.0. The number of aromatic nitrogens is 3. The third-order valence-corrected chi connectivity index (χ3v) is 6.73. The van der Waals surface area contributed by atoms with Crippen LogP contribution in [0.1, 0.15) is 52.5 Å². The Balaban J connectivity index is 1.77. The summed E-state index contributed by atoms with van der Waals surface area (Å²) in [5.74, 6) is -0.208. The number of pyridine rings is 2. The van der Waals surface area contributed by atoms with Gasteiger partial charge in [0, 0.05) is 29.5 Å². The number of anilines is 1. The highest BCUT2D eigenvalue weighted by molar-refractivity contribution is 7.92. The lowest BCUT2D eigenvalue weighted by atomic mass is 9.98. The molecule has 0 spiro atoms. The topological polar surface area (TPSA) is 105 Å². The van der Waals surface area contributed by atoms with Gasteiger partial charge in [0.1, 0.15) is 11.3 Å². The quantitative estimate of drug-likeness (QED) is 0.415. The molecule has 164 valence electrons. The summed E-state index contributed by atoms with van der Waals surface area (Å²) >= 11 is 0. The summed E-state index contributed by atoms with van der Waals surface area (Å²) in [5.41, 5.74) is 3.86. The Bertz CT molecular complexity index is 1440. The number of hydrogen-bond donors (Lipinski definition) is 2. The molecule has 2 N–H and O–H groups in total. The lowest BCUT2D eigenvalue weighted by Gasteiger charge is -2.15. The van der Waals surface area contributed by atoms with Gasteiger partial charge < -0.3 is 4.98 Å². The van der Waals surface area contributed by atoms with E-state index < -0.39 is 10.0 Å². The number of nitrogens with zero attached hydrogens (tertiary/aromatic N) is 2. The van der Waals surface area contributed by atoms with E-state index in [0.29, 0.717) is 16.6 Å². The van der Waals surface area contributed by atoms with Gasteiger partial charge in [0.05, 0.1) is 10.6 Å². The lowest BCUT2D eigenvalue weighted by Crippen LogP contribution is -2.18. The zero-order valence-electron chi connectivity index (χ0n) is 18.3. The normalized spacial score (nSPS) is 11.8. The Morgan fingerprint density at radius 1 is 1.06 bits per heavy atom. The van der Waals surface area contributed by atoms with E-state index in [0.717, 1.165) is 16.7 Å². The second-order valence-electron chi connectivity index (χ2n) is 8.12. The van der Waals surface area contributed by atoms with Gasteiger partial charge in [-0.25, -0.2) is 13.4 Å². The number of H-pyrrole nitrogens is 1. The molecule has 0 bridgehead atoms. The summed E-state index contributed by atoms with van der Waals surface area (Å²) in [6.07, 6.45) is 4.78. The Morgan fingerprint density at radius 3 is 2.59 bits per heavy atom. The fraction of sp³-hybridized carbons (Fsp3) is 0.208. The van der Waals surface area contributed by atoms with Crippen LogP contribution in [0, 0.1) is 13.8 Å². The molecule has 4 rings (SSSR count). The van der Waals surface area contributed by atoms with E-state index >= 15 is 0 Å². The summed E-state index contributed by atoms with van der Waals surface area (Å²) in [5, 5.41) is 0.647. The number of fused-ring (bicyclic) bond motifs is 1. The number of aromatic amines is 1. The molecule has 0 unspecified atom stereocenters. The van der Waals surface area contributed by atoms with Gasteiger partial charge in [-0.3, -0.25) is 14.5 Å². The van der Waals surface area contributed by atoms with Gasteiger partial charge in [0.2, 0.25) is 5.78 Å². The second-order valence-corrected chi connectivity index (χ2v) is 9.80. The first-order valence-corrected chi connectivity index (χ1v) is 11.7. The van der Waals surface area contributed by atoms with E-state index in [9.17, 15) is 13.2 Å². The molecular weight excluding hydrogens is 424 g/mol. The van der Waals surface area contributed by atoms with E-state index in [2.05, 4.69) is 19.7 Å². The number of hydrogen-bond acceptors (Lipinski definition) is 5. The van der Waals surface area contributed by atoms with Crippen molar-refractivity contribution in [3.8, 4) is 0 Å². The Kier molecular flexibility index (Phi) is 5.56. The minimum Gasteiger partial charge on any atom is -0.346 e. The molecule has 3 heterocycles. The van der Waals surface area contributed by atoms with Crippen molar-refractivity contribution in [2.24, 2.45) is 0 Å². The predicted octanol–water partition coefficient (Wildman–Crippen LogP) is 4.73. The molecule has 7 nitrogen and oxygen atoms in total. The van der Waals surface area contributed by atoms with Crippen molar-refractivity contribution in [3.63, 3.8) is 0 Å². The highest BCUT2D eigenvalue weighted by Gasteiger charge is 2.23. The zero-order chi connectivity index (χ0) is 23.0. The molecule has 0 aliphatic rings. The van der Waals surface area contributed by atoms with E-state index in [-0.39, 0.29) is 28.0 Å². The molecule has 0 fully saturated rings. The molecule has 0 radical (unpaired) electrons. The van der Waals surface area contributed by atoms with Crippen molar-refractivity contribution in [2.45, 2.75) is 38.5 Å². The van der Waals surface area contributed by atoms with Gasteiger partial charge in [-0.15, -0.1) is 0 Å². The summed E-state index contributed by atoms with van der Waals surface area (Å²) in [6, 6.07) is 10.0. The van der Waals surface area contributed by atoms with Crippen molar-refractivity contribution < 1.29 is 13.2 Å². The Hall–Kier alpha value is -3.52. The fourth-order valence-corrected chi connectivity index (χ4v) is 4.82. The van der Waals surface area contributed by atoms with Crippen LogP contribution in [0.4, 0.5) is 5.69 Å². The highest BCUT2D eigenvalue weighted by Crippen LogP contribution is 2.27. The van der Waals surface area contributed by atoms with Crippen molar-refractivity contribution >= 4 is 32.5 Å². The number of benzene rings is 1. The molecule has 4 aromatic rings. The molecule has 0 aliphatic heterocycles. The Morgan fingerprint density at radius 2 is 1.84 bits per heavy atom. The number of rotatable bonds is 6. The van der Waals surface area contributed by atoms with Crippen LogP contribution in [0.3, 0.4) is 0 Å². The van der Waals surface area contributed by atoms with Crippen LogP contribution in [-0.2, 0) is 10.0 Å². The molecule has 1 aromatic carbocycles. The van der Waals surface area contributed by atoms with Crippen molar-refractivity contribution in [1.29, 1.82) is 0 Å². The summed E-state index contributed by atoms with van der Waals surface area (Å²) in [6.45, 7) is 7.78. The van der Waals surface area contributed by atoms with Crippen LogP contribution in [0.15, 0.2) is 59.9 Å². The van der Waals surface area contributed by atoms with E-state index in [1.165, 1.54) is 6.20 Å². The monoisotopic (exact) mass is 448 g/mol. The summed E-state index contributed by atoms with van der Waals surface area (Å²) in [7, 11) is -3.93. The SMILES string of the molecule is Cc1cnc(C(=O)c2ccnc3[nH]ccc23)c(NS(=O)(=O)c2ccc(C)c(C(C)C)c2)c1. The van der Waals surface area contributed by atoms with Gasteiger partial charge in [0.25, 0.3) is 10.0 Å². The van der Waals surface area contributed by atoms with E-state index in [1.807, 2.05) is 20.8 Å². The average molecular weight is 449 g/mol.